The average Bonchev–Trinajstić information content (AvgIpc) is 2.67. The van der Waals surface area contributed by atoms with Gasteiger partial charge in [0.05, 0.1) is 0 Å². The van der Waals surface area contributed by atoms with Crippen molar-refractivity contribution in [3.8, 4) is 0 Å². The van der Waals surface area contributed by atoms with Crippen LogP contribution in [0.1, 0.15) is 26.2 Å². The molecular formula is C11H16ClN3. The smallest absolute Gasteiger partial charge is 0.224 e. The van der Waals surface area contributed by atoms with Crippen molar-refractivity contribution in [2.45, 2.75) is 26.2 Å². The molecule has 0 N–H and O–H groups in total. The summed E-state index contributed by atoms with van der Waals surface area (Å²) in [5.41, 5.74) is 0. The maximum absolute atomic E-state index is 5.77. The zero-order valence-corrected chi connectivity index (χ0v) is 9.74. The van der Waals surface area contributed by atoms with Crippen LogP contribution in [0.4, 0.5) is 5.82 Å². The molecule has 2 heterocycles. The van der Waals surface area contributed by atoms with E-state index in [0.717, 1.165) is 24.8 Å². The van der Waals surface area contributed by atoms with Gasteiger partial charge in [-0.2, -0.15) is 0 Å². The fraction of sp³-hybridized carbons (Fsp3) is 0.636. The maximum Gasteiger partial charge on any atom is 0.224 e. The summed E-state index contributed by atoms with van der Waals surface area (Å²) in [6, 6.07) is 1.93. The average molecular weight is 226 g/mol. The molecule has 4 heteroatoms. The van der Waals surface area contributed by atoms with Gasteiger partial charge in [0.15, 0.2) is 0 Å². The van der Waals surface area contributed by atoms with Crippen molar-refractivity contribution in [2.24, 2.45) is 5.92 Å². The summed E-state index contributed by atoms with van der Waals surface area (Å²) in [6.45, 7) is 4.45. The van der Waals surface area contributed by atoms with Crippen LogP contribution in [0.15, 0.2) is 12.3 Å². The summed E-state index contributed by atoms with van der Waals surface area (Å²) in [7, 11) is 0. The number of hydrogen-bond acceptors (Lipinski definition) is 3. The minimum Gasteiger partial charge on any atom is -0.356 e. The number of nitrogens with zero attached hydrogens (tertiary/aromatic N) is 3. The Bertz CT molecular complexity index is 329. The lowest BCUT2D eigenvalue weighted by Crippen LogP contribution is -2.20. The summed E-state index contributed by atoms with van der Waals surface area (Å²) in [5.74, 6) is 1.79. The number of rotatable bonds is 3. The second-order valence-electron chi connectivity index (χ2n) is 4.07. The monoisotopic (exact) mass is 225 g/mol. The van der Waals surface area contributed by atoms with Crippen LogP contribution >= 0.6 is 11.6 Å². The molecule has 0 saturated carbocycles. The zero-order chi connectivity index (χ0) is 10.7. The summed E-state index contributed by atoms with van der Waals surface area (Å²) in [6.07, 6.45) is 5.58. The molecule has 0 amide bonds. The van der Waals surface area contributed by atoms with E-state index in [1.54, 1.807) is 6.20 Å². The van der Waals surface area contributed by atoms with E-state index >= 15 is 0 Å². The highest BCUT2D eigenvalue weighted by molar-refractivity contribution is 6.28. The maximum atomic E-state index is 5.77. The van der Waals surface area contributed by atoms with Crippen molar-refractivity contribution in [3.05, 3.63) is 17.5 Å². The molecule has 2 rings (SSSR count). The number of anilines is 1. The normalized spacial score (nSPS) is 20.9. The molecule has 0 spiro atoms. The van der Waals surface area contributed by atoms with Crippen molar-refractivity contribution in [1.82, 2.24) is 9.97 Å². The molecule has 1 aromatic rings. The minimum absolute atomic E-state index is 0.339. The molecule has 0 bridgehead atoms. The van der Waals surface area contributed by atoms with E-state index in [0.29, 0.717) is 5.28 Å². The van der Waals surface area contributed by atoms with E-state index in [1.807, 2.05) is 6.07 Å². The third kappa shape index (κ3) is 2.59. The number of hydrogen-bond donors (Lipinski definition) is 0. The number of halogens is 1. The summed E-state index contributed by atoms with van der Waals surface area (Å²) >= 11 is 5.77. The van der Waals surface area contributed by atoms with E-state index in [4.69, 9.17) is 11.6 Å². The van der Waals surface area contributed by atoms with Crippen LogP contribution in [-0.4, -0.2) is 23.1 Å². The fourth-order valence-electron chi connectivity index (χ4n) is 2.19. The Kier molecular flexibility index (Phi) is 3.41. The van der Waals surface area contributed by atoms with Gasteiger partial charge in [-0.1, -0.05) is 13.3 Å². The first-order valence-corrected chi connectivity index (χ1v) is 5.91. The molecule has 1 unspecified atom stereocenters. The van der Waals surface area contributed by atoms with Gasteiger partial charge >= 0.3 is 0 Å². The van der Waals surface area contributed by atoms with Gasteiger partial charge in [-0.05, 0) is 36.4 Å². The zero-order valence-electron chi connectivity index (χ0n) is 8.99. The van der Waals surface area contributed by atoms with Crippen LogP contribution in [0.3, 0.4) is 0 Å². The van der Waals surface area contributed by atoms with Gasteiger partial charge in [0.2, 0.25) is 5.28 Å². The minimum atomic E-state index is 0.339. The first-order valence-electron chi connectivity index (χ1n) is 5.53. The van der Waals surface area contributed by atoms with Gasteiger partial charge in [0, 0.05) is 19.3 Å². The largest absolute Gasteiger partial charge is 0.356 e. The summed E-state index contributed by atoms with van der Waals surface area (Å²) in [5, 5.41) is 0.339. The molecule has 1 saturated heterocycles. The van der Waals surface area contributed by atoms with Crippen molar-refractivity contribution in [1.29, 1.82) is 0 Å². The summed E-state index contributed by atoms with van der Waals surface area (Å²) in [4.78, 5) is 10.4. The standard InChI is InChI=1S/C11H16ClN3/c1-2-3-9-5-7-15(8-9)10-4-6-13-11(12)14-10/h4,6,9H,2-3,5,7-8H2,1H3. The molecule has 1 fully saturated rings. The van der Waals surface area contributed by atoms with Gasteiger partial charge in [0.1, 0.15) is 5.82 Å². The lowest BCUT2D eigenvalue weighted by Gasteiger charge is -2.16. The molecule has 1 aliphatic heterocycles. The number of aromatic nitrogens is 2. The molecule has 0 radical (unpaired) electrons. The highest BCUT2D eigenvalue weighted by Crippen LogP contribution is 2.25. The molecule has 1 aliphatic rings. The quantitative estimate of drug-likeness (QED) is 0.741. The predicted octanol–water partition coefficient (Wildman–Crippen LogP) is 2.76. The molecule has 82 valence electrons. The highest BCUT2D eigenvalue weighted by atomic mass is 35.5. The van der Waals surface area contributed by atoms with Crippen LogP contribution in [-0.2, 0) is 0 Å². The first kappa shape index (κ1) is 10.7. The van der Waals surface area contributed by atoms with Crippen LogP contribution in [0.25, 0.3) is 0 Å². The van der Waals surface area contributed by atoms with E-state index in [9.17, 15) is 0 Å². The Balaban J connectivity index is 2.01. The molecule has 15 heavy (non-hydrogen) atoms. The Labute approximate surface area is 95.5 Å². The molecule has 0 aromatic carbocycles. The van der Waals surface area contributed by atoms with Gasteiger partial charge < -0.3 is 4.90 Å². The fourth-order valence-corrected chi connectivity index (χ4v) is 2.33. The van der Waals surface area contributed by atoms with Crippen molar-refractivity contribution < 1.29 is 0 Å². The van der Waals surface area contributed by atoms with Gasteiger partial charge in [-0.3, -0.25) is 0 Å². The Morgan fingerprint density at radius 3 is 3.20 bits per heavy atom. The SMILES string of the molecule is CCCC1CCN(c2ccnc(Cl)n2)C1. The van der Waals surface area contributed by atoms with Crippen LogP contribution in [0, 0.1) is 5.92 Å². The third-order valence-corrected chi connectivity index (χ3v) is 3.10. The first-order chi connectivity index (χ1) is 7.29. The molecule has 1 atom stereocenters. The third-order valence-electron chi connectivity index (χ3n) is 2.92. The van der Waals surface area contributed by atoms with E-state index in [1.165, 1.54) is 19.3 Å². The van der Waals surface area contributed by atoms with E-state index in [-0.39, 0.29) is 0 Å². The van der Waals surface area contributed by atoms with Gasteiger partial charge in [-0.25, -0.2) is 9.97 Å². The van der Waals surface area contributed by atoms with Crippen LogP contribution in [0.2, 0.25) is 5.28 Å². The lowest BCUT2D eigenvalue weighted by atomic mass is 10.0. The molecular weight excluding hydrogens is 210 g/mol. The Hall–Kier alpha value is -0.830. The van der Waals surface area contributed by atoms with Crippen molar-refractivity contribution in [3.63, 3.8) is 0 Å². The predicted molar refractivity (Wildman–Crippen MR) is 62.3 cm³/mol. The Morgan fingerprint density at radius 1 is 1.60 bits per heavy atom. The Morgan fingerprint density at radius 2 is 2.47 bits per heavy atom. The highest BCUT2D eigenvalue weighted by Gasteiger charge is 2.22. The van der Waals surface area contributed by atoms with Crippen LogP contribution in [0.5, 0.6) is 0 Å². The molecule has 3 nitrogen and oxygen atoms in total. The van der Waals surface area contributed by atoms with Gasteiger partial charge in [-0.15, -0.1) is 0 Å². The second kappa shape index (κ2) is 4.79. The molecule has 1 aromatic heterocycles. The topological polar surface area (TPSA) is 29.0 Å². The van der Waals surface area contributed by atoms with E-state index < -0.39 is 0 Å². The van der Waals surface area contributed by atoms with E-state index in [2.05, 4.69) is 21.8 Å². The second-order valence-corrected chi connectivity index (χ2v) is 4.41. The van der Waals surface area contributed by atoms with Gasteiger partial charge in [0.25, 0.3) is 0 Å². The summed E-state index contributed by atoms with van der Waals surface area (Å²) < 4.78 is 0. The van der Waals surface area contributed by atoms with Crippen molar-refractivity contribution >= 4 is 17.4 Å². The molecule has 0 aliphatic carbocycles. The van der Waals surface area contributed by atoms with Crippen LogP contribution < -0.4 is 4.90 Å². The van der Waals surface area contributed by atoms with Crippen molar-refractivity contribution in [2.75, 3.05) is 18.0 Å². The lowest BCUT2D eigenvalue weighted by molar-refractivity contribution is 0.529.